The van der Waals surface area contributed by atoms with E-state index in [1.54, 1.807) is 12.4 Å². The molecule has 30 heavy (non-hydrogen) atoms. The molecule has 1 N–H and O–H groups in total. The Balaban J connectivity index is 1.20. The maximum Gasteiger partial charge on any atom is 0.226 e. The summed E-state index contributed by atoms with van der Waals surface area (Å²) < 4.78 is 2.18. The van der Waals surface area contributed by atoms with Crippen molar-refractivity contribution in [3.8, 4) is 11.3 Å². The summed E-state index contributed by atoms with van der Waals surface area (Å²) in [4.78, 5) is 22.8. The molecule has 0 saturated carbocycles. The molecular formula is C24H26N4O2. The largest absolute Gasteiger partial charge is 0.393 e. The van der Waals surface area contributed by atoms with E-state index in [-0.39, 0.29) is 17.9 Å². The van der Waals surface area contributed by atoms with Crippen molar-refractivity contribution in [1.82, 2.24) is 19.4 Å². The average Bonchev–Trinajstić information content (AvgIpc) is 3.37. The van der Waals surface area contributed by atoms with E-state index in [4.69, 9.17) is 0 Å². The number of pyridine rings is 1. The first-order valence-electron chi connectivity index (χ1n) is 10.7. The third-order valence-electron chi connectivity index (χ3n) is 6.60. The molecule has 6 heteroatoms. The normalized spacial score (nSPS) is 19.4. The van der Waals surface area contributed by atoms with Gasteiger partial charge in [0.15, 0.2) is 0 Å². The first-order chi connectivity index (χ1) is 14.7. The molecule has 2 unspecified atom stereocenters. The highest BCUT2D eigenvalue weighted by Gasteiger charge is 2.33. The van der Waals surface area contributed by atoms with Crippen LogP contribution in [0, 0.1) is 5.92 Å². The highest BCUT2D eigenvalue weighted by atomic mass is 16.3. The van der Waals surface area contributed by atoms with Gasteiger partial charge in [-0.05, 0) is 48.4 Å². The number of aliphatic hydroxyl groups excluding tert-OH is 1. The first-order valence-corrected chi connectivity index (χ1v) is 10.7. The van der Waals surface area contributed by atoms with Gasteiger partial charge in [-0.3, -0.25) is 9.78 Å². The number of aliphatic hydroxyl groups is 1. The molecule has 1 saturated heterocycles. The summed E-state index contributed by atoms with van der Waals surface area (Å²) in [5, 5.41) is 11.0. The molecule has 154 valence electrons. The van der Waals surface area contributed by atoms with Gasteiger partial charge in [-0.2, -0.15) is 0 Å². The van der Waals surface area contributed by atoms with Crippen LogP contribution in [0.15, 0.2) is 61.3 Å². The molecule has 3 aromatic rings. The second-order valence-corrected chi connectivity index (χ2v) is 8.34. The Labute approximate surface area is 176 Å². The molecule has 1 fully saturated rings. The molecule has 4 heterocycles. The van der Waals surface area contributed by atoms with Gasteiger partial charge in [-0.1, -0.05) is 24.3 Å². The van der Waals surface area contributed by atoms with E-state index < -0.39 is 6.10 Å². The van der Waals surface area contributed by atoms with Crippen LogP contribution in [0.2, 0.25) is 0 Å². The van der Waals surface area contributed by atoms with Crippen LogP contribution < -0.4 is 0 Å². The zero-order valence-electron chi connectivity index (χ0n) is 16.9. The molecule has 5 rings (SSSR count). The summed E-state index contributed by atoms with van der Waals surface area (Å²) in [7, 11) is 0. The number of rotatable bonds is 5. The van der Waals surface area contributed by atoms with Gasteiger partial charge in [0.05, 0.1) is 36.8 Å². The molecule has 2 atom stereocenters. The van der Waals surface area contributed by atoms with Crippen molar-refractivity contribution in [2.45, 2.75) is 37.8 Å². The molecule has 0 spiro atoms. The van der Waals surface area contributed by atoms with E-state index in [0.717, 1.165) is 24.1 Å². The van der Waals surface area contributed by atoms with Gasteiger partial charge < -0.3 is 14.6 Å². The third kappa shape index (κ3) is 3.52. The predicted molar refractivity (Wildman–Crippen MR) is 114 cm³/mol. The molecule has 0 radical (unpaired) electrons. The van der Waals surface area contributed by atoms with E-state index in [0.29, 0.717) is 25.9 Å². The molecule has 6 nitrogen and oxygen atoms in total. The van der Waals surface area contributed by atoms with Gasteiger partial charge in [0.25, 0.3) is 0 Å². The quantitative estimate of drug-likeness (QED) is 0.712. The van der Waals surface area contributed by atoms with Crippen LogP contribution in [0.5, 0.6) is 0 Å². The van der Waals surface area contributed by atoms with Gasteiger partial charge in [0.2, 0.25) is 5.91 Å². The Morgan fingerprint density at radius 2 is 1.87 bits per heavy atom. The lowest BCUT2D eigenvalue weighted by molar-refractivity contribution is -0.132. The number of piperidine rings is 1. The van der Waals surface area contributed by atoms with E-state index in [1.165, 1.54) is 11.1 Å². The topological polar surface area (TPSA) is 71.2 Å². The summed E-state index contributed by atoms with van der Waals surface area (Å²) in [5.41, 5.74) is 4.59. The van der Waals surface area contributed by atoms with Crippen LogP contribution in [0.3, 0.4) is 0 Å². The fourth-order valence-corrected chi connectivity index (χ4v) is 4.91. The number of hydrogen-bond donors (Lipinski definition) is 1. The molecule has 2 aliphatic rings. The molecule has 1 amide bonds. The smallest absolute Gasteiger partial charge is 0.226 e. The number of carbonyl (C=O) groups is 1. The lowest BCUT2D eigenvalue weighted by Gasteiger charge is -2.35. The Morgan fingerprint density at radius 1 is 1.10 bits per heavy atom. The number of amides is 1. The zero-order valence-corrected chi connectivity index (χ0v) is 16.9. The number of carbonyl (C=O) groups excluding carboxylic acids is 1. The van der Waals surface area contributed by atoms with Crippen molar-refractivity contribution < 1.29 is 9.90 Å². The molecule has 2 aliphatic heterocycles. The van der Waals surface area contributed by atoms with Crippen LogP contribution in [-0.4, -0.2) is 49.6 Å². The zero-order chi connectivity index (χ0) is 20.5. The minimum atomic E-state index is -0.395. The number of nitrogens with zero attached hydrogens (tertiary/aromatic N) is 4. The van der Waals surface area contributed by atoms with E-state index in [9.17, 15) is 9.90 Å². The number of aromatic nitrogens is 3. The molecule has 1 aromatic carbocycles. The predicted octanol–water partition coefficient (Wildman–Crippen LogP) is 3.08. The van der Waals surface area contributed by atoms with Crippen LogP contribution in [-0.2, 0) is 11.2 Å². The standard InChI is InChI=1S/C24H26N4O2/c29-23(14-21-19-3-1-2-4-20(19)22-15-26-16-28(21)22)18-7-11-27(12-8-18)24(30)13-17-5-9-25-10-6-17/h1-6,9-10,15-16,18,21,23,29H,7-8,11-14H2. The number of imidazole rings is 1. The number of hydrogen-bond acceptors (Lipinski definition) is 4. The number of likely N-dealkylation sites (tertiary alicyclic amines) is 1. The maximum atomic E-state index is 12.6. The lowest BCUT2D eigenvalue weighted by Crippen LogP contribution is -2.42. The Morgan fingerprint density at radius 3 is 2.67 bits per heavy atom. The van der Waals surface area contributed by atoms with Gasteiger partial charge >= 0.3 is 0 Å². The summed E-state index contributed by atoms with van der Waals surface area (Å²) in [6.45, 7) is 1.42. The molecular weight excluding hydrogens is 376 g/mol. The van der Waals surface area contributed by atoms with Gasteiger partial charge in [0.1, 0.15) is 0 Å². The van der Waals surface area contributed by atoms with Crippen molar-refractivity contribution in [3.63, 3.8) is 0 Å². The Hall–Kier alpha value is -2.99. The van der Waals surface area contributed by atoms with Crippen molar-refractivity contribution in [2.24, 2.45) is 5.92 Å². The Kier molecular flexibility index (Phi) is 5.09. The second-order valence-electron chi connectivity index (χ2n) is 8.34. The van der Waals surface area contributed by atoms with Crippen LogP contribution >= 0.6 is 0 Å². The van der Waals surface area contributed by atoms with Crippen molar-refractivity contribution in [1.29, 1.82) is 0 Å². The van der Waals surface area contributed by atoms with Gasteiger partial charge in [0, 0.05) is 31.0 Å². The highest BCUT2D eigenvalue weighted by molar-refractivity contribution is 5.78. The lowest BCUT2D eigenvalue weighted by atomic mass is 9.86. The highest BCUT2D eigenvalue weighted by Crippen LogP contribution is 2.42. The maximum absolute atomic E-state index is 12.6. The minimum absolute atomic E-state index is 0.125. The van der Waals surface area contributed by atoms with E-state index >= 15 is 0 Å². The van der Waals surface area contributed by atoms with E-state index in [2.05, 4.69) is 32.7 Å². The molecule has 2 aromatic heterocycles. The SMILES string of the molecule is O=C(Cc1ccncc1)N1CCC(C(O)CC2c3ccccc3-c3cncn32)CC1. The van der Waals surface area contributed by atoms with E-state index in [1.807, 2.05) is 35.6 Å². The fraction of sp³-hybridized carbons (Fsp3) is 0.375. The van der Waals surface area contributed by atoms with Crippen molar-refractivity contribution >= 4 is 5.91 Å². The summed E-state index contributed by atoms with van der Waals surface area (Å²) in [5.74, 6) is 0.372. The number of fused-ring (bicyclic) bond motifs is 3. The molecule has 0 bridgehead atoms. The Bertz CT molecular complexity index is 1020. The fourth-order valence-electron chi connectivity index (χ4n) is 4.91. The summed E-state index contributed by atoms with van der Waals surface area (Å²) in [6.07, 6.45) is 9.59. The summed E-state index contributed by atoms with van der Waals surface area (Å²) >= 11 is 0. The van der Waals surface area contributed by atoms with Gasteiger partial charge in [-0.25, -0.2) is 4.98 Å². The third-order valence-corrected chi connectivity index (χ3v) is 6.60. The monoisotopic (exact) mass is 402 g/mol. The minimum Gasteiger partial charge on any atom is -0.393 e. The van der Waals surface area contributed by atoms with Crippen molar-refractivity contribution in [2.75, 3.05) is 13.1 Å². The first kappa shape index (κ1) is 19.0. The van der Waals surface area contributed by atoms with Crippen LogP contribution in [0.1, 0.15) is 36.4 Å². The van der Waals surface area contributed by atoms with Crippen molar-refractivity contribution in [3.05, 3.63) is 72.4 Å². The molecule has 0 aliphatic carbocycles. The van der Waals surface area contributed by atoms with Crippen LogP contribution in [0.4, 0.5) is 0 Å². The second kappa shape index (κ2) is 8.03. The van der Waals surface area contributed by atoms with Crippen LogP contribution in [0.25, 0.3) is 11.3 Å². The van der Waals surface area contributed by atoms with Gasteiger partial charge in [-0.15, -0.1) is 0 Å². The summed E-state index contributed by atoms with van der Waals surface area (Å²) in [6, 6.07) is 12.3. The average molecular weight is 402 g/mol. The number of benzene rings is 1.